The van der Waals surface area contributed by atoms with E-state index in [9.17, 15) is 0 Å². The van der Waals surface area contributed by atoms with Crippen LogP contribution < -0.4 is 5.32 Å². The lowest BCUT2D eigenvalue weighted by molar-refractivity contribution is 0.537. The molecule has 0 spiro atoms. The summed E-state index contributed by atoms with van der Waals surface area (Å²) in [6.07, 6.45) is 2.68. The number of pyridine rings is 1. The normalized spacial score (nSPS) is 12.4. The number of rotatable bonds is 5. The van der Waals surface area contributed by atoms with Crippen molar-refractivity contribution in [2.24, 2.45) is 0 Å². The maximum Gasteiger partial charge on any atom is 0.0762 e. The first-order valence-electron chi connectivity index (χ1n) is 6.29. The van der Waals surface area contributed by atoms with Gasteiger partial charge in [0, 0.05) is 9.77 Å². The Morgan fingerprint density at radius 1 is 1.26 bits per heavy atom. The Labute approximate surface area is 132 Å². The molecule has 0 saturated carbocycles. The van der Waals surface area contributed by atoms with E-state index in [-0.39, 0.29) is 6.04 Å². The van der Waals surface area contributed by atoms with Crippen LogP contribution in [0.15, 0.2) is 42.6 Å². The molecule has 0 aliphatic heterocycles. The van der Waals surface area contributed by atoms with Gasteiger partial charge in [-0.15, -0.1) is 0 Å². The minimum atomic E-state index is 0.152. The summed E-state index contributed by atoms with van der Waals surface area (Å²) in [6.45, 7) is 2.99. The first-order chi connectivity index (χ1) is 9.20. The second-order valence-electron chi connectivity index (χ2n) is 4.31. The number of benzene rings is 1. The molecule has 100 valence electrons. The maximum atomic E-state index is 6.24. The van der Waals surface area contributed by atoms with Crippen molar-refractivity contribution in [3.63, 3.8) is 0 Å². The van der Waals surface area contributed by atoms with Gasteiger partial charge < -0.3 is 5.32 Å². The largest absolute Gasteiger partial charge is 0.309 e. The number of halogens is 2. The van der Waals surface area contributed by atoms with E-state index < -0.39 is 0 Å². The van der Waals surface area contributed by atoms with Gasteiger partial charge in [0.25, 0.3) is 0 Å². The highest BCUT2D eigenvalue weighted by Crippen LogP contribution is 2.23. The standard InChI is InChI=1S/C15H16ClIN2/c1-2-18-14(15-13(16)4-3-9-19-15)10-11-5-7-12(17)8-6-11/h3-9,14,18H,2,10H2,1H3. The zero-order valence-electron chi connectivity index (χ0n) is 10.7. The predicted octanol–water partition coefficient (Wildman–Crippen LogP) is 4.23. The summed E-state index contributed by atoms with van der Waals surface area (Å²) in [7, 11) is 0. The van der Waals surface area contributed by atoms with Gasteiger partial charge in [-0.25, -0.2) is 0 Å². The number of aromatic nitrogens is 1. The van der Waals surface area contributed by atoms with Gasteiger partial charge in [0.1, 0.15) is 0 Å². The molecule has 1 heterocycles. The van der Waals surface area contributed by atoms with E-state index >= 15 is 0 Å². The molecule has 1 aromatic heterocycles. The molecular weight excluding hydrogens is 371 g/mol. The van der Waals surface area contributed by atoms with Gasteiger partial charge in [-0.1, -0.05) is 30.7 Å². The molecule has 1 N–H and O–H groups in total. The van der Waals surface area contributed by atoms with Crippen LogP contribution in [0.2, 0.25) is 5.02 Å². The lowest BCUT2D eigenvalue weighted by Gasteiger charge is -2.18. The first kappa shape index (κ1) is 14.8. The molecule has 0 fully saturated rings. The van der Waals surface area contributed by atoms with Crippen LogP contribution in [0.5, 0.6) is 0 Å². The van der Waals surface area contributed by atoms with Crippen LogP contribution in [0, 0.1) is 3.57 Å². The van der Waals surface area contributed by atoms with Crippen molar-refractivity contribution in [1.82, 2.24) is 10.3 Å². The van der Waals surface area contributed by atoms with Crippen molar-refractivity contribution in [2.75, 3.05) is 6.54 Å². The third kappa shape index (κ3) is 4.16. The third-order valence-corrected chi connectivity index (χ3v) is 3.96. The Balaban J connectivity index is 2.21. The second-order valence-corrected chi connectivity index (χ2v) is 5.96. The molecule has 0 amide bonds. The molecule has 0 aliphatic rings. The van der Waals surface area contributed by atoms with Crippen LogP contribution in [-0.2, 0) is 6.42 Å². The summed E-state index contributed by atoms with van der Waals surface area (Å²) < 4.78 is 1.25. The highest BCUT2D eigenvalue weighted by molar-refractivity contribution is 14.1. The molecule has 0 bridgehead atoms. The number of hydrogen-bond acceptors (Lipinski definition) is 2. The summed E-state index contributed by atoms with van der Waals surface area (Å²) >= 11 is 8.56. The number of nitrogens with zero attached hydrogens (tertiary/aromatic N) is 1. The van der Waals surface area contributed by atoms with E-state index in [1.807, 2.05) is 12.1 Å². The van der Waals surface area contributed by atoms with Crippen LogP contribution in [0.25, 0.3) is 0 Å². The van der Waals surface area contributed by atoms with Gasteiger partial charge in [0.2, 0.25) is 0 Å². The quantitative estimate of drug-likeness (QED) is 0.778. The predicted molar refractivity (Wildman–Crippen MR) is 88.5 cm³/mol. The highest BCUT2D eigenvalue weighted by Gasteiger charge is 2.15. The molecule has 0 radical (unpaired) electrons. The first-order valence-corrected chi connectivity index (χ1v) is 7.74. The van der Waals surface area contributed by atoms with Crippen molar-refractivity contribution in [1.29, 1.82) is 0 Å². The van der Waals surface area contributed by atoms with Gasteiger partial charge in [-0.3, -0.25) is 4.98 Å². The fourth-order valence-electron chi connectivity index (χ4n) is 2.02. The monoisotopic (exact) mass is 386 g/mol. The molecule has 0 aliphatic carbocycles. The van der Waals surface area contributed by atoms with E-state index in [1.165, 1.54) is 9.13 Å². The van der Waals surface area contributed by atoms with Crippen LogP contribution >= 0.6 is 34.2 Å². The Kier molecular flexibility index (Phi) is 5.60. The summed E-state index contributed by atoms with van der Waals surface area (Å²) in [5, 5.41) is 4.18. The zero-order valence-corrected chi connectivity index (χ0v) is 13.6. The van der Waals surface area contributed by atoms with Crippen molar-refractivity contribution >= 4 is 34.2 Å². The van der Waals surface area contributed by atoms with Crippen molar-refractivity contribution in [2.45, 2.75) is 19.4 Å². The highest BCUT2D eigenvalue weighted by atomic mass is 127. The van der Waals surface area contributed by atoms with E-state index in [0.29, 0.717) is 0 Å². The smallest absolute Gasteiger partial charge is 0.0762 e. The van der Waals surface area contributed by atoms with Gasteiger partial charge in [0.15, 0.2) is 0 Å². The summed E-state index contributed by atoms with van der Waals surface area (Å²) in [4.78, 5) is 4.42. The molecule has 4 heteroatoms. The second kappa shape index (κ2) is 7.22. The number of likely N-dealkylation sites (N-methyl/N-ethyl adjacent to an activating group) is 1. The van der Waals surface area contributed by atoms with E-state index in [1.54, 1.807) is 6.20 Å². The van der Waals surface area contributed by atoms with Gasteiger partial charge >= 0.3 is 0 Å². The lowest BCUT2D eigenvalue weighted by atomic mass is 10.0. The Hall–Kier alpha value is -0.650. The molecule has 1 aromatic carbocycles. The van der Waals surface area contributed by atoms with Crippen LogP contribution in [0.1, 0.15) is 24.2 Å². The molecular formula is C15H16ClIN2. The maximum absolute atomic E-state index is 6.24. The van der Waals surface area contributed by atoms with Crippen molar-refractivity contribution in [3.8, 4) is 0 Å². The third-order valence-electron chi connectivity index (χ3n) is 2.92. The van der Waals surface area contributed by atoms with E-state index in [2.05, 4.69) is 64.1 Å². The average Bonchev–Trinajstić information content (AvgIpc) is 2.41. The zero-order chi connectivity index (χ0) is 13.7. The SMILES string of the molecule is CCNC(Cc1ccc(I)cc1)c1ncccc1Cl. The molecule has 0 saturated heterocycles. The number of hydrogen-bond donors (Lipinski definition) is 1. The van der Waals surface area contributed by atoms with Crippen LogP contribution in [-0.4, -0.2) is 11.5 Å². The molecule has 1 atom stereocenters. The van der Waals surface area contributed by atoms with Gasteiger partial charge in [-0.05, 0) is 65.4 Å². The van der Waals surface area contributed by atoms with Crippen molar-refractivity contribution < 1.29 is 0 Å². The molecule has 2 rings (SSSR count). The van der Waals surface area contributed by atoms with Crippen LogP contribution in [0.3, 0.4) is 0 Å². The summed E-state index contributed by atoms with van der Waals surface area (Å²) in [5.74, 6) is 0. The average molecular weight is 387 g/mol. The van der Waals surface area contributed by atoms with Crippen molar-refractivity contribution in [3.05, 3.63) is 62.4 Å². The molecule has 19 heavy (non-hydrogen) atoms. The molecule has 1 unspecified atom stereocenters. The fraction of sp³-hybridized carbons (Fsp3) is 0.267. The number of nitrogens with one attached hydrogen (secondary N) is 1. The van der Waals surface area contributed by atoms with Gasteiger partial charge in [-0.2, -0.15) is 0 Å². The summed E-state index contributed by atoms with van der Waals surface area (Å²) in [6, 6.07) is 12.5. The summed E-state index contributed by atoms with van der Waals surface area (Å²) in [5.41, 5.74) is 2.21. The topological polar surface area (TPSA) is 24.9 Å². The fourth-order valence-corrected chi connectivity index (χ4v) is 2.64. The van der Waals surface area contributed by atoms with Crippen LogP contribution in [0.4, 0.5) is 0 Å². The minimum Gasteiger partial charge on any atom is -0.309 e. The van der Waals surface area contributed by atoms with Gasteiger partial charge in [0.05, 0.1) is 16.8 Å². The Bertz CT molecular complexity index is 528. The lowest BCUT2D eigenvalue weighted by Crippen LogP contribution is -2.24. The van der Waals surface area contributed by atoms with E-state index in [0.717, 1.165) is 23.7 Å². The minimum absolute atomic E-state index is 0.152. The molecule has 2 nitrogen and oxygen atoms in total. The Morgan fingerprint density at radius 2 is 2.00 bits per heavy atom. The Morgan fingerprint density at radius 3 is 2.63 bits per heavy atom. The molecule has 2 aromatic rings. The van der Waals surface area contributed by atoms with E-state index in [4.69, 9.17) is 11.6 Å².